The number of fused-ring (bicyclic) bond motifs is 1. The van der Waals surface area contributed by atoms with E-state index >= 15 is 0 Å². The molecular weight excluding hydrogens is 450 g/mol. The number of hydrogen-bond donors (Lipinski definition) is 1. The van der Waals surface area contributed by atoms with E-state index in [4.69, 9.17) is 17.3 Å². The van der Waals surface area contributed by atoms with Gasteiger partial charge in [-0.15, -0.1) is 0 Å². The van der Waals surface area contributed by atoms with Gasteiger partial charge in [0.25, 0.3) is 0 Å². The number of carbonyl (C=O) groups is 2. The van der Waals surface area contributed by atoms with E-state index in [1.165, 1.54) is 6.33 Å². The van der Waals surface area contributed by atoms with Crippen molar-refractivity contribution in [3.8, 4) is 0 Å². The van der Waals surface area contributed by atoms with E-state index in [2.05, 4.69) is 23.0 Å². The molecule has 3 aromatic rings. The fourth-order valence-corrected chi connectivity index (χ4v) is 5.15. The minimum absolute atomic E-state index is 0.0318. The van der Waals surface area contributed by atoms with Crippen molar-refractivity contribution in [3.05, 3.63) is 76.8 Å². The summed E-state index contributed by atoms with van der Waals surface area (Å²) in [6, 6.07) is 11.2. The van der Waals surface area contributed by atoms with Gasteiger partial charge in [-0.25, -0.2) is 9.97 Å². The molecule has 2 aromatic carbocycles. The van der Waals surface area contributed by atoms with Gasteiger partial charge in [0.15, 0.2) is 0 Å². The van der Waals surface area contributed by atoms with Crippen molar-refractivity contribution in [2.45, 2.75) is 32.1 Å². The van der Waals surface area contributed by atoms with Crippen LogP contribution in [0, 0.1) is 5.92 Å². The van der Waals surface area contributed by atoms with Crippen molar-refractivity contribution >= 4 is 40.5 Å². The topological polar surface area (TPSA) is 92.4 Å². The molecular formula is C26H26ClN5O2. The average Bonchev–Trinajstić information content (AvgIpc) is 3.37. The third kappa shape index (κ3) is 4.23. The van der Waals surface area contributed by atoms with Crippen molar-refractivity contribution < 1.29 is 9.59 Å². The summed E-state index contributed by atoms with van der Waals surface area (Å²) in [6.07, 6.45) is 6.90. The van der Waals surface area contributed by atoms with Crippen LogP contribution in [0.15, 0.2) is 55.1 Å². The zero-order chi connectivity index (χ0) is 23.8. The van der Waals surface area contributed by atoms with E-state index in [0.717, 1.165) is 40.9 Å². The molecule has 1 aromatic heterocycles. The summed E-state index contributed by atoms with van der Waals surface area (Å²) in [5.41, 5.74) is 11.3. The van der Waals surface area contributed by atoms with Crippen LogP contribution in [0.3, 0.4) is 0 Å². The molecule has 1 fully saturated rings. The molecule has 174 valence electrons. The second kappa shape index (κ2) is 9.06. The standard InChI is InChI=1S/C26H26ClN5O2/c1-16-13-32(26(34)19-8-25(33)31(14-19)21-4-2-3-20(28)9-21)24-10-23(27)18(7-22(16)24)6-5-17-11-29-15-30-12-17/h2-4,7,9-12,15-16,19H,5-6,8,13-14,28H2,1H3. The quantitative estimate of drug-likeness (QED) is 0.563. The molecule has 8 heteroatoms. The number of aryl methyl sites for hydroxylation is 2. The number of carbonyl (C=O) groups excluding carboxylic acids is 2. The molecule has 0 radical (unpaired) electrons. The number of benzene rings is 2. The van der Waals surface area contributed by atoms with Crippen molar-refractivity contribution in [1.29, 1.82) is 0 Å². The maximum Gasteiger partial charge on any atom is 0.232 e. The maximum atomic E-state index is 13.5. The van der Waals surface area contributed by atoms with E-state index in [1.54, 1.807) is 17.0 Å². The van der Waals surface area contributed by atoms with E-state index in [0.29, 0.717) is 23.8 Å². The molecule has 0 aliphatic carbocycles. The van der Waals surface area contributed by atoms with Gasteiger partial charge in [0, 0.05) is 59.9 Å². The second-order valence-electron chi connectivity index (χ2n) is 9.10. The van der Waals surface area contributed by atoms with Crippen LogP contribution < -0.4 is 15.5 Å². The summed E-state index contributed by atoms with van der Waals surface area (Å²) in [6.45, 7) is 3.06. The van der Waals surface area contributed by atoms with Crippen LogP contribution in [-0.2, 0) is 22.4 Å². The predicted molar refractivity (Wildman–Crippen MR) is 133 cm³/mol. The van der Waals surface area contributed by atoms with E-state index in [9.17, 15) is 9.59 Å². The maximum absolute atomic E-state index is 13.5. The number of hydrogen-bond acceptors (Lipinski definition) is 5. The first-order valence-electron chi connectivity index (χ1n) is 11.4. The molecule has 2 N–H and O–H groups in total. The minimum Gasteiger partial charge on any atom is -0.399 e. The molecule has 2 amide bonds. The fourth-order valence-electron chi connectivity index (χ4n) is 4.90. The SMILES string of the molecule is CC1CN(C(=O)C2CC(=O)N(c3cccc(N)c3)C2)c2cc(Cl)c(CCc3cncnc3)cc21. The van der Waals surface area contributed by atoms with Gasteiger partial charge in [-0.1, -0.05) is 30.7 Å². The Balaban J connectivity index is 1.34. The van der Waals surface area contributed by atoms with Gasteiger partial charge in [0.1, 0.15) is 6.33 Å². The summed E-state index contributed by atoms with van der Waals surface area (Å²) >= 11 is 6.65. The largest absolute Gasteiger partial charge is 0.399 e. The Hall–Kier alpha value is -3.45. The smallest absolute Gasteiger partial charge is 0.232 e. The molecule has 2 unspecified atom stereocenters. The van der Waals surface area contributed by atoms with E-state index in [-0.39, 0.29) is 24.2 Å². The zero-order valence-electron chi connectivity index (χ0n) is 18.9. The number of rotatable bonds is 5. The summed E-state index contributed by atoms with van der Waals surface area (Å²) in [4.78, 5) is 37.8. The van der Waals surface area contributed by atoms with Crippen molar-refractivity contribution in [2.24, 2.45) is 5.92 Å². The Morgan fingerprint density at radius 2 is 1.94 bits per heavy atom. The normalized spacial score (nSPS) is 19.5. The molecule has 34 heavy (non-hydrogen) atoms. The monoisotopic (exact) mass is 475 g/mol. The lowest BCUT2D eigenvalue weighted by Crippen LogP contribution is -2.36. The fraction of sp³-hybridized carbons (Fsp3) is 0.308. The summed E-state index contributed by atoms with van der Waals surface area (Å²) < 4.78 is 0. The number of nitrogen functional groups attached to an aromatic ring is 1. The first kappa shape index (κ1) is 22.3. The predicted octanol–water partition coefficient (Wildman–Crippen LogP) is 4.00. The van der Waals surface area contributed by atoms with Crippen LogP contribution in [-0.4, -0.2) is 34.9 Å². The van der Waals surface area contributed by atoms with Crippen molar-refractivity contribution in [3.63, 3.8) is 0 Å². The zero-order valence-corrected chi connectivity index (χ0v) is 19.7. The lowest BCUT2D eigenvalue weighted by Gasteiger charge is -2.22. The molecule has 0 bridgehead atoms. The molecule has 7 nitrogen and oxygen atoms in total. The van der Waals surface area contributed by atoms with Gasteiger partial charge in [-0.05, 0) is 53.8 Å². The molecule has 0 saturated carbocycles. The first-order valence-corrected chi connectivity index (χ1v) is 11.8. The molecule has 2 atom stereocenters. The third-order valence-corrected chi connectivity index (χ3v) is 7.04. The summed E-state index contributed by atoms with van der Waals surface area (Å²) in [5, 5.41) is 0.645. The Bertz CT molecular complexity index is 1250. The van der Waals surface area contributed by atoms with Crippen LogP contribution in [0.1, 0.15) is 36.0 Å². The Morgan fingerprint density at radius 1 is 1.15 bits per heavy atom. The molecule has 3 heterocycles. The molecule has 5 rings (SSSR count). The van der Waals surface area contributed by atoms with Crippen LogP contribution in [0.2, 0.25) is 5.02 Å². The highest BCUT2D eigenvalue weighted by Crippen LogP contribution is 2.41. The number of aromatic nitrogens is 2. The van der Waals surface area contributed by atoms with Gasteiger partial charge in [-0.3, -0.25) is 9.59 Å². The highest BCUT2D eigenvalue weighted by atomic mass is 35.5. The highest BCUT2D eigenvalue weighted by Gasteiger charge is 2.40. The van der Waals surface area contributed by atoms with Crippen molar-refractivity contribution in [1.82, 2.24) is 9.97 Å². The lowest BCUT2D eigenvalue weighted by molar-refractivity contribution is -0.124. The van der Waals surface area contributed by atoms with E-state index < -0.39 is 5.92 Å². The van der Waals surface area contributed by atoms with E-state index in [1.807, 2.05) is 35.5 Å². The first-order chi connectivity index (χ1) is 16.4. The Labute approximate surface area is 203 Å². The summed E-state index contributed by atoms with van der Waals surface area (Å²) in [7, 11) is 0. The molecule has 2 aliphatic rings. The lowest BCUT2D eigenvalue weighted by atomic mass is 9.98. The van der Waals surface area contributed by atoms with Gasteiger partial charge in [0.05, 0.1) is 5.92 Å². The summed E-state index contributed by atoms with van der Waals surface area (Å²) in [5.74, 6) is -0.300. The van der Waals surface area contributed by atoms with Crippen LogP contribution in [0.5, 0.6) is 0 Å². The Kier molecular flexibility index (Phi) is 5.96. The number of nitrogens with two attached hydrogens (primary N) is 1. The number of halogens is 1. The molecule has 2 aliphatic heterocycles. The number of nitrogens with zero attached hydrogens (tertiary/aromatic N) is 4. The van der Waals surface area contributed by atoms with Crippen LogP contribution >= 0.6 is 11.6 Å². The average molecular weight is 476 g/mol. The molecule has 1 saturated heterocycles. The van der Waals surface area contributed by atoms with Gasteiger partial charge >= 0.3 is 0 Å². The third-order valence-electron chi connectivity index (χ3n) is 6.69. The number of anilines is 3. The van der Waals surface area contributed by atoms with Gasteiger partial charge < -0.3 is 15.5 Å². The van der Waals surface area contributed by atoms with Crippen LogP contribution in [0.4, 0.5) is 17.1 Å². The van der Waals surface area contributed by atoms with Gasteiger partial charge in [-0.2, -0.15) is 0 Å². The van der Waals surface area contributed by atoms with Crippen molar-refractivity contribution in [2.75, 3.05) is 28.6 Å². The molecule has 0 spiro atoms. The highest BCUT2D eigenvalue weighted by molar-refractivity contribution is 6.31. The second-order valence-corrected chi connectivity index (χ2v) is 9.51. The van der Waals surface area contributed by atoms with Crippen LogP contribution in [0.25, 0.3) is 0 Å². The Morgan fingerprint density at radius 3 is 2.71 bits per heavy atom. The number of amides is 2. The minimum atomic E-state index is -0.399. The van der Waals surface area contributed by atoms with Gasteiger partial charge in [0.2, 0.25) is 11.8 Å².